The van der Waals surface area contributed by atoms with Crippen LogP contribution in [0, 0.1) is 23.1 Å². The van der Waals surface area contributed by atoms with Crippen LogP contribution in [-0.4, -0.2) is 56.8 Å². The SMILES string of the molecule is CN=C(NCc1cc(C#N)ccc1F)NCC1CN(CC(C)C)CCO1.I. The minimum atomic E-state index is -0.341. The molecule has 150 valence electrons. The number of hydrogen-bond donors (Lipinski definition) is 2. The smallest absolute Gasteiger partial charge is 0.191 e. The van der Waals surface area contributed by atoms with Gasteiger partial charge in [0.25, 0.3) is 0 Å². The summed E-state index contributed by atoms with van der Waals surface area (Å²) in [5.41, 5.74) is 0.871. The molecule has 1 aromatic carbocycles. The largest absolute Gasteiger partial charge is 0.374 e. The Hall–Kier alpha value is -1.44. The third-order valence-electron chi connectivity index (χ3n) is 4.19. The van der Waals surface area contributed by atoms with Crippen molar-refractivity contribution >= 4 is 29.9 Å². The monoisotopic (exact) mass is 489 g/mol. The van der Waals surface area contributed by atoms with E-state index in [0.717, 1.165) is 26.2 Å². The van der Waals surface area contributed by atoms with Crippen molar-refractivity contribution in [3.05, 3.63) is 35.1 Å². The Morgan fingerprint density at radius 1 is 1.44 bits per heavy atom. The standard InChI is InChI=1S/C19H28FN5O.HI/c1-14(2)12-25-6-7-26-17(13-25)11-24-19(22-3)23-10-16-8-15(9-21)4-5-18(16)20;/h4-5,8,14,17H,6-7,10-13H2,1-3H3,(H2,22,23,24);1H. The minimum absolute atomic E-state index is 0. The van der Waals surface area contributed by atoms with Crippen LogP contribution in [-0.2, 0) is 11.3 Å². The van der Waals surface area contributed by atoms with Crippen LogP contribution in [0.5, 0.6) is 0 Å². The first-order chi connectivity index (χ1) is 12.5. The van der Waals surface area contributed by atoms with E-state index in [-0.39, 0.29) is 42.4 Å². The lowest BCUT2D eigenvalue weighted by Crippen LogP contribution is -2.50. The highest BCUT2D eigenvalue weighted by Crippen LogP contribution is 2.10. The second kappa shape index (κ2) is 12.1. The molecule has 2 N–H and O–H groups in total. The normalized spacial score (nSPS) is 17.9. The van der Waals surface area contributed by atoms with Crippen LogP contribution in [0.4, 0.5) is 4.39 Å². The summed E-state index contributed by atoms with van der Waals surface area (Å²) in [5, 5.41) is 15.2. The maximum Gasteiger partial charge on any atom is 0.191 e. The predicted molar refractivity (Wildman–Crippen MR) is 116 cm³/mol. The number of benzene rings is 1. The molecule has 0 bridgehead atoms. The molecule has 0 aliphatic carbocycles. The molecule has 1 aromatic rings. The number of ether oxygens (including phenoxy) is 1. The lowest BCUT2D eigenvalue weighted by molar-refractivity contribution is -0.0284. The van der Waals surface area contributed by atoms with Gasteiger partial charge in [-0.2, -0.15) is 5.26 Å². The number of guanidine groups is 1. The molecule has 1 aliphatic heterocycles. The van der Waals surface area contributed by atoms with Crippen LogP contribution in [0.2, 0.25) is 0 Å². The van der Waals surface area contributed by atoms with Crippen molar-refractivity contribution in [2.45, 2.75) is 26.5 Å². The molecule has 2 rings (SSSR count). The van der Waals surface area contributed by atoms with Gasteiger partial charge in [-0.15, -0.1) is 24.0 Å². The summed E-state index contributed by atoms with van der Waals surface area (Å²) in [6.07, 6.45) is 0.0969. The molecular formula is C19H29FIN5O. The summed E-state index contributed by atoms with van der Waals surface area (Å²) in [5.74, 6) is 0.874. The zero-order chi connectivity index (χ0) is 18.9. The highest BCUT2D eigenvalue weighted by atomic mass is 127. The molecular weight excluding hydrogens is 460 g/mol. The Morgan fingerprint density at radius 3 is 2.89 bits per heavy atom. The van der Waals surface area contributed by atoms with Crippen LogP contribution >= 0.6 is 24.0 Å². The summed E-state index contributed by atoms with van der Waals surface area (Å²) in [6.45, 7) is 8.99. The molecule has 0 amide bonds. The fraction of sp³-hybridized carbons (Fsp3) is 0.579. The summed E-state index contributed by atoms with van der Waals surface area (Å²) in [4.78, 5) is 6.58. The van der Waals surface area contributed by atoms with Gasteiger partial charge in [-0.05, 0) is 24.1 Å². The molecule has 0 saturated carbocycles. The summed E-state index contributed by atoms with van der Waals surface area (Å²) in [7, 11) is 1.67. The Bertz CT molecular complexity index is 662. The summed E-state index contributed by atoms with van der Waals surface area (Å²) in [6, 6.07) is 6.34. The van der Waals surface area contributed by atoms with E-state index in [1.807, 2.05) is 6.07 Å². The number of nitrogens with one attached hydrogen (secondary N) is 2. The number of rotatable bonds is 6. The van der Waals surface area contributed by atoms with Gasteiger partial charge in [-0.3, -0.25) is 9.89 Å². The van der Waals surface area contributed by atoms with Gasteiger partial charge in [-0.1, -0.05) is 13.8 Å². The fourth-order valence-electron chi connectivity index (χ4n) is 2.98. The van der Waals surface area contributed by atoms with Crippen molar-refractivity contribution in [3.8, 4) is 6.07 Å². The van der Waals surface area contributed by atoms with E-state index < -0.39 is 0 Å². The molecule has 1 heterocycles. The van der Waals surface area contributed by atoms with Gasteiger partial charge >= 0.3 is 0 Å². The second-order valence-electron chi connectivity index (χ2n) is 6.87. The van der Waals surface area contributed by atoms with E-state index in [0.29, 0.717) is 29.5 Å². The van der Waals surface area contributed by atoms with Gasteiger partial charge < -0.3 is 15.4 Å². The molecule has 0 spiro atoms. The van der Waals surface area contributed by atoms with E-state index in [9.17, 15) is 4.39 Å². The zero-order valence-electron chi connectivity index (χ0n) is 16.2. The number of nitrogens with zero attached hydrogens (tertiary/aromatic N) is 3. The molecule has 0 aromatic heterocycles. The van der Waals surface area contributed by atoms with Gasteiger partial charge in [0.1, 0.15) is 5.82 Å². The molecule has 1 unspecified atom stereocenters. The van der Waals surface area contributed by atoms with Gasteiger partial charge in [-0.25, -0.2) is 4.39 Å². The average Bonchev–Trinajstić information content (AvgIpc) is 2.63. The highest BCUT2D eigenvalue weighted by molar-refractivity contribution is 14.0. The molecule has 0 radical (unpaired) electrons. The van der Waals surface area contributed by atoms with Crippen LogP contribution in [0.25, 0.3) is 0 Å². The lowest BCUT2D eigenvalue weighted by Gasteiger charge is -2.34. The third-order valence-corrected chi connectivity index (χ3v) is 4.19. The summed E-state index contributed by atoms with van der Waals surface area (Å²) < 4.78 is 19.7. The van der Waals surface area contributed by atoms with Crippen LogP contribution < -0.4 is 10.6 Å². The molecule has 8 heteroatoms. The molecule has 1 fully saturated rings. The van der Waals surface area contributed by atoms with Crippen molar-refractivity contribution in [2.24, 2.45) is 10.9 Å². The van der Waals surface area contributed by atoms with Crippen LogP contribution in [0.1, 0.15) is 25.0 Å². The van der Waals surface area contributed by atoms with Gasteiger partial charge in [0.2, 0.25) is 0 Å². The highest BCUT2D eigenvalue weighted by Gasteiger charge is 2.21. The zero-order valence-corrected chi connectivity index (χ0v) is 18.5. The Morgan fingerprint density at radius 2 is 2.22 bits per heavy atom. The van der Waals surface area contributed by atoms with Gasteiger partial charge in [0, 0.05) is 45.3 Å². The Labute approximate surface area is 178 Å². The fourth-order valence-corrected chi connectivity index (χ4v) is 2.98. The number of aliphatic imine (C=N–C) groups is 1. The maximum absolute atomic E-state index is 13.8. The molecule has 1 saturated heterocycles. The van der Waals surface area contributed by atoms with Crippen LogP contribution in [0.15, 0.2) is 23.2 Å². The van der Waals surface area contributed by atoms with E-state index >= 15 is 0 Å². The number of halogens is 2. The van der Waals surface area contributed by atoms with Crippen molar-refractivity contribution in [3.63, 3.8) is 0 Å². The number of morpholine rings is 1. The maximum atomic E-state index is 13.8. The minimum Gasteiger partial charge on any atom is -0.374 e. The molecule has 27 heavy (non-hydrogen) atoms. The molecule has 6 nitrogen and oxygen atoms in total. The Kier molecular flexibility index (Phi) is 10.6. The first-order valence-electron chi connectivity index (χ1n) is 8.98. The van der Waals surface area contributed by atoms with Crippen LogP contribution in [0.3, 0.4) is 0 Å². The van der Waals surface area contributed by atoms with Crippen molar-refractivity contribution < 1.29 is 9.13 Å². The van der Waals surface area contributed by atoms with E-state index in [2.05, 4.69) is 34.4 Å². The topological polar surface area (TPSA) is 72.7 Å². The van der Waals surface area contributed by atoms with Gasteiger partial charge in [0.05, 0.1) is 24.3 Å². The predicted octanol–water partition coefficient (Wildman–Crippen LogP) is 2.34. The van der Waals surface area contributed by atoms with E-state index in [1.54, 1.807) is 13.1 Å². The van der Waals surface area contributed by atoms with Gasteiger partial charge in [0.15, 0.2) is 5.96 Å². The quantitative estimate of drug-likeness (QED) is 0.365. The van der Waals surface area contributed by atoms with Crippen molar-refractivity contribution in [2.75, 3.05) is 39.8 Å². The summed E-state index contributed by atoms with van der Waals surface area (Å²) >= 11 is 0. The lowest BCUT2D eigenvalue weighted by atomic mass is 10.1. The second-order valence-corrected chi connectivity index (χ2v) is 6.87. The third kappa shape index (κ3) is 7.99. The Balaban J connectivity index is 0.00000364. The van der Waals surface area contributed by atoms with E-state index in [1.165, 1.54) is 12.1 Å². The number of nitriles is 1. The number of hydrogen-bond acceptors (Lipinski definition) is 4. The van der Waals surface area contributed by atoms with Crippen molar-refractivity contribution in [1.29, 1.82) is 5.26 Å². The molecule has 1 aliphatic rings. The van der Waals surface area contributed by atoms with E-state index in [4.69, 9.17) is 10.00 Å². The molecule has 1 atom stereocenters. The average molecular weight is 489 g/mol. The first-order valence-corrected chi connectivity index (χ1v) is 8.98. The first kappa shape index (κ1) is 23.6. The van der Waals surface area contributed by atoms with Crippen molar-refractivity contribution in [1.82, 2.24) is 15.5 Å².